The topological polar surface area (TPSA) is 60.9 Å². The number of H-pyrrole nitrogens is 1. The van der Waals surface area contributed by atoms with E-state index in [-0.39, 0.29) is 6.04 Å². The van der Waals surface area contributed by atoms with Gasteiger partial charge in [0.1, 0.15) is 0 Å². The van der Waals surface area contributed by atoms with E-state index in [9.17, 15) is 5.11 Å². The molecule has 0 fully saturated rings. The summed E-state index contributed by atoms with van der Waals surface area (Å²) in [4.78, 5) is 0. The maximum atomic E-state index is 10.4. The number of aliphatic hydroxyl groups is 1. The summed E-state index contributed by atoms with van der Waals surface area (Å²) in [6, 6.07) is 14.6. The first-order valence-corrected chi connectivity index (χ1v) is 8.49. The molecule has 0 radical (unpaired) electrons. The average Bonchev–Trinajstić information content (AvgIpc) is 3.07. The Bertz CT molecular complexity index is 792. The van der Waals surface area contributed by atoms with Crippen molar-refractivity contribution in [1.29, 1.82) is 0 Å². The highest BCUT2D eigenvalue weighted by Gasteiger charge is 2.12. The molecule has 1 heterocycles. The highest BCUT2D eigenvalue weighted by Crippen LogP contribution is 2.21. The molecule has 0 aliphatic heterocycles. The number of hydrogen-bond acceptors (Lipinski definition) is 3. The summed E-state index contributed by atoms with van der Waals surface area (Å²) >= 11 is 0. The number of aliphatic hydroxyl groups excluding tert-OH is 1. The van der Waals surface area contributed by atoms with E-state index in [0.29, 0.717) is 12.5 Å². The maximum Gasteiger partial charge on any atom is 0.0914 e. The minimum atomic E-state index is -0.508. The van der Waals surface area contributed by atoms with Crippen LogP contribution in [0.25, 0.3) is 10.9 Å². The third-order valence-electron chi connectivity index (χ3n) is 4.57. The Morgan fingerprint density at radius 3 is 2.38 bits per heavy atom. The smallest absolute Gasteiger partial charge is 0.0914 e. The van der Waals surface area contributed by atoms with E-state index in [1.807, 2.05) is 24.4 Å². The first kappa shape index (κ1) is 16.7. The third-order valence-corrected chi connectivity index (χ3v) is 4.57. The minimum absolute atomic E-state index is 0.161. The molecule has 3 rings (SSSR count). The van der Waals surface area contributed by atoms with Crippen LogP contribution in [0.1, 0.15) is 55.5 Å². The van der Waals surface area contributed by atoms with Crippen molar-refractivity contribution in [1.82, 2.24) is 15.5 Å². The van der Waals surface area contributed by atoms with Crippen LogP contribution in [0, 0.1) is 0 Å². The molecule has 0 saturated heterocycles. The molecule has 2 atom stereocenters. The zero-order valence-electron chi connectivity index (χ0n) is 14.5. The van der Waals surface area contributed by atoms with Crippen molar-refractivity contribution < 1.29 is 5.11 Å². The number of hydrogen-bond donors (Lipinski definition) is 3. The van der Waals surface area contributed by atoms with Gasteiger partial charge in [0, 0.05) is 18.0 Å². The van der Waals surface area contributed by atoms with Crippen LogP contribution < -0.4 is 5.32 Å². The molecular weight excluding hydrogens is 298 g/mol. The van der Waals surface area contributed by atoms with Crippen LogP contribution in [0.15, 0.2) is 48.7 Å². The normalized spacial score (nSPS) is 14.2. The lowest BCUT2D eigenvalue weighted by Crippen LogP contribution is -2.24. The highest BCUT2D eigenvalue weighted by molar-refractivity contribution is 5.78. The van der Waals surface area contributed by atoms with E-state index in [0.717, 1.165) is 16.5 Å². The fourth-order valence-corrected chi connectivity index (χ4v) is 2.86. The molecule has 2 aromatic carbocycles. The molecule has 0 saturated carbocycles. The van der Waals surface area contributed by atoms with E-state index in [1.165, 1.54) is 11.1 Å². The second-order valence-electron chi connectivity index (χ2n) is 6.68. The van der Waals surface area contributed by atoms with Gasteiger partial charge in [-0.25, -0.2) is 0 Å². The fraction of sp³-hybridized carbons (Fsp3) is 0.350. The molecule has 0 spiro atoms. The molecule has 4 heteroatoms. The van der Waals surface area contributed by atoms with E-state index in [2.05, 4.69) is 60.6 Å². The van der Waals surface area contributed by atoms with Gasteiger partial charge < -0.3 is 10.4 Å². The Hall–Kier alpha value is -2.17. The van der Waals surface area contributed by atoms with Crippen LogP contribution in [0.2, 0.25) is 0 Å². The quantitative estimate of drug-likeness (QED) is 0.641. The standard InChI is InChI=1S/C20H25N3O/c1-13(2)15-4-6-16(7-5-15)20(24)12-21-14(3)17-8-9-19-18(10-17)11-22-23-19/h4-11,13-14,20-21,24H,12H2,1-3H3,(H,22,23). The number of rotatable bonds is 6. The van der Waals surface area contributed by atoms with Crippen molar-refractivity contribution in [2.75, 3.05) is 6.54 Å². The van der Waals surface area contributed by atoms with Crippen molar-refractivity contribution in [2.24, 2.45) is 0 Å². The number of nitrogens with zero attached hydrogens (tertiary/aromatic N) is 1. The number of aromatic nitrogens is 2. The molecule has 0 aliphatic carbocycles. The van der Waals surface area contributed by atoms with Crippen LogP contribution in [0.4, 0.5) is 0 Å². The Morgan fingerprint density at radius 2 is 1.67 bits per heavy atom. The lowest BCUT2D eigenvalue weighted by molar-refractivity contribution is 0.171. The van der Waals surface area contributed by atoms with Gasteiger partial charge in [-0.05, 0) is 41.7 Å². The van der Waals surface area contributed by atoms with E-state index in [1.54, 1.807) is 0 Å². The molecule has 24 heavy (non-hydrogen) atoms. The van der Waals surface area contributed by atoms with Gasteiger partial charge in [-0.3, -0.25) is 5.10 Å². The highest BCUT2D eigenvalue weighted by atomic mass is 16.3. The number of benzene rings is 2. The average molecular weight is 323 g/mol. The fourth-order valence-electron chi connectivity index (χ4n) is 2.86. The first-order valence-electron chi connectivity index (χ1n) is 8.49. The van der Waals surface area contributed by atoms with Gasteiger partial charge in [-0.2, -0.15) is 5.10 Å². The Kier molecular flexibility index (Phi) is 4.97. The minimum Gasteiger partial charge on any atom is -0.387 e. The van der Waals surface area contributed by atoms with E-state index >= 15 is 0 Å². The van der Waals surface area contributed by atoms with Crippen LogP contribution in [-0.4, -0.2) is 21.8 Å². The molecule has 1 aromatic heterocycles. The summed E-state index contributed by atoms with van der Waals surface area (Å²) in [5.74, 6) is 0.507. The zero-order chi connectivity index (χ0) is 17.1. The first-order chi connectivity index (χ1) is 11.5. The second kappa shape index (κ2) is 7.16. The Morgan fingerprint density at radius 1 is 1.00 bits per heavy atom. The van der Waals surface area contributed by atoms with Gasteiger partial charge >= 0.3 is 0 Å². The predicted molar refractivity (Wildman–Crippen MR) is 98.0 cm³/mol. The van der Waals surface area contributed by atoms with Gasteiger partial charge in [0.15, 0.2) is 0 Å². The summed E-state index contributed by atoms with van der Waals surface area (Å²) in [5, 5.41) is 21.9. The number of aromatic amines is 1. The Labute approximate surface area is 142 Å². The van der Waals surface area contributed by atoms with Gasteiger partial charge in [0.05, 0.1) is 17.8 Å². The summed E-state index contributed by atoms with van der Waals surface area (Å²) in [6.07, 6.45) is 1.32. The third kappa shape index (κ3) is 3.66. The molecule has 2 unspecified atom stereocenters. The van der Waals surface area contributed by atoms with Gasteiger partial charge in [0.25, 0.3) is 0 Å². The zero-order valence-corrected chi connectivity index (χ0v) is 14.5. The summed E-state index contributed by atoms with van der Waals surface area (Å²) in [5.41, 5.74) is 4.47. The monoisotopic (exact) mass is 323 g/mol. The molecule has 126 valence electrons. The van der Waals surface area contributed by atoms with Gasteiger partial charge in [-0.15, -0.1) is 0 Å². The SMILES string of the molecule is CC(C)c1ccc(C(O)CNC(C)c2ccc3[nH]ncc3c2)cc1. The Balaban J connectivity index is 1.61. The molecule has 4 nitrogen and oxygen atoms in total. The van der Waals surface area contributed by atoms with Crippen LogP contribution >= 0.6 is 0 Å². The van der Waals surface area contributed by atoms with Crippen molar-refractivity contribution >= 4 is 10.9 Å². The second-order valence-corrected chi connectivity index (χ2v) is 6.68. The molecule has 3 N–H and O–H groups in total. The molecule has 3 aromatic rings. The predicted octanol–water partition coefficient (Wildman–Crippen LogP) is 4.07. The van der Waals surface area contributed by atoms with Crippen molar-refractivity contribution in [3.8, 4) is 0 Å². The van der Waals surface area contributed by atoms with Crippen molar-refractivity contribution in [3.05, 3.63) is 65.4 Å². The van der Waals surface area contributed by atoms with Crippen LogP contribution in [0.3, 0.4) is 0 Å². The molecular formula is C20H25N3O. The molecule has 0 aliphatic rings. The summed E-state index contributed by atoms with van der Waals surface area (Å²) < 4.78 is 0. The summed E-state index contributed by atoms with van der Waals surface area (Å²) in [7, 11) is 0. The van der Waals surface area contributed by atoms with E-state index < -0.39 is 6.10 Å². The lowest BCUT2D eigenvalue weighted by Gasteiger charge is -2.18. The van der Waals surface area contributed by atoms with Crippen LogP contribution in [-0.2, 0) is 0 Å². The van der Waals surface area contributed by atoms with Crippen molar-refractivity contribution in [2.45, 2.75) is 38.8 Å². The lowest BCUT2D eigenvalue weighted by atomic mass is 10.00. The summed E-state index contributed by atoms with van der Waals surface area (Å²) in [6.45, 7) is 6.97. The van der Waals surface area contributed by atoms with Crippen molar-refractivity contribution in [3.63, 3.8) is 0 Å². The molecule has 0 bridgehead atoms. The number of fused-ring (bicyclic) bond motifs is 1. The molecule has 0 amide bonds. The number of nitrogens with one attached hydrogen (secondary N) is 2. The van der Waals surface area contributed by atoms with Gasteiger partial charge in [-0.1, -0.05) is 44.2 Å². The van der Waals surface area contributed by atoms with Gasteiger partial charge in [0.2, 0.25) is 0 Å². The van der Waals surface area contributed by atoms with Crippen LogP contribution in [0.5, 0.6) is 0 Å². The largest absolute Gasteiger partial charge is 0.387 e. The van der Waals surface area contributed by atoms with E-state index in [4.69, 9.17) is 0 Å². The maximum absolute atomic E-state index is 10.4.